The van der Waals surface area contributed by atoms with Gasteiger partial charge >= 0.3 is 0 Å². The van der Waals surface area contributed by atoms with Crippen LogP contribution in [0.3, 0.4) is 0 Å². The van der Waals surface area contributed by atoms with Crippen LogP contribution in [0.4, 0.5) is 5.69 Å². The first-order chi connectivity index (χ1) is 18.1. The summed E-state index contributed by atoms with van der Waals surface area (Å²) in [6, 6.07) is 21.6. The minimum atomic E-state index is -0.798. The summed E-state index contributed by atoms with van der Waals surface area (Å²) >= 11 is 0. The number of carbonyl (C=O) groups is 2. The normalized spacial score (nSPS) is 17.4. The molecule has 4 aromatic rings. The Morgan fingerprint density at radius 1 is 0.974 bits per heavy atom. The number of rotatable bonds is 5. The second-order valence-corrected chi connectivity index (χ2v) is 10.6. The number of aliphatic hydroxyl groups is 1. The van der Waals surface area contributed by atoms with E-state index in [0.717, 1.165) is 27.8 Å². The maximum absolute atomic E-state index is 13.6. The van der Waals surface area contributed by atoms with Crippen molar-refractivity contribution >= 4 is 34.0 Å². The largest absolute Gasteiger partial charge is 0.507 e. The molecule has 1 N–H and O–H groups in total. The van der Waals surface area contributed by atoms with Crippen molar-refractivity contribution in [3.05, 3.63) is 101 Å². The third-order valence-electron chi connectivity index (χ3n) is 7.06. The smallest absolute Gasteiger partial charge is 0.300 e. The van der Waals surface area contributed by atoms with E-state index in [2.05, 4.69) is 20.8 Å². The molecule has 194 valence electrons. The average molecular weight is 509 g/mol. The van der Waals surface area contributed by atoms with Crippen LogP contribution >= 0.6 is 0 Å². The van der Waals surface area contributed by atoms with Crippen LogP contribution in [0.2, 0.25) is 0 Å². The number of nitrogens with zero attached hydrogens (tertiary/aromatic N) is 2. The molecule has 38 heavy (non-hydrogen) atoms. The van der Waals surface area contributed by atoms with E-state index < -0.39 is 17.7 Å². The fourth-order valence-electron chi connectivity index (χ4n) is 5.27. The molecule has 0 radical (unpaired) electrons. The van der Waals surface area contributed by atoms with Crippen molar-refractivity contribution < 1.29 is 19.4 Å². The minimum Gasteiger partial charge on any atom is -0.507 e. The molecule has 5 rings (SSSR count). The summed E-state index contributed by atoms with van der Waals surface area (Å²) in [5.41, 5.74) is 3.50. The molecule has 1 unspecified atom stereocenters. The van der Waals surface area contributed by atoms with Crippen LogP contribution in [0.15, 0.2) is 84.6 Å². The zero-order chi connectivity index (χ0) is 27.2. The molecular weight excluding hydrogens is 476 g/mol. The molecule has 6 nitrogen and oxygen atoms in total. The van der Waals surface area contributed by atoms with Gasteiger partial charge in [0, 0.05) is 46.5 Å². The molecule has 1 fully saturated rings. The predicted octanol–water partition coefficient (Wildman–Crippen LogP) is 6.50. The van der Waals surface area contributed by atoms with Gasteiger partial charge in [-0.05, 0) is 48.7 Å². The van der Waals surface area contributed by atoms with Crippen LogP contribution in [0.25, 0.3) is 16.7 Å². The SMILES string of the molecule is CCOc1ccc(/C(O)=C2\C(=O)C(=O)N(c3ccccc3)C2c2cn(C)c3ccccc23)cc1C(C)(C)C. The third kappa shape index (κ3) is 4.16. The number of hydrogen-bond donors (Lipinski definition) is 1. The minimum absolute atomic E-state index is 0.0687. The van der Waals surface area contributed by atoms with Crippen molar-refractivity contribution in [2.75, 3.05) is 11.5 Å². The van der Waals surface area contributed by atoms with Crippen molar-refractivity contribution in [2.45, 2.75) is 39.2 Å². The molecule has 0 bridgehead atoms. The molecule has 3 aromatic carbocycles. The van der Waals surface area contributed by atoms with Crippen molar-refractivity contribution in [3.8, 4) is 5.75 Å². The Kier molecular flexibility index (Phi) is 6.35. The lowest BCUT2D eigenvalue weighted by atomic mass is 9.84. The van der Waals surface area contributed by atoms with Gasteiger partial charge in [-0.2, -0.15) is 0 Å². The number of hydrogen-bond acceptors (Lipinski definition) is 4. The zero-order valence-corrected chi connectivity index (χ0v) is 22.4. The molecular formula is C32H32N2O4. The number of aromatic nitrogens is 1. The highest BCUT2D eigenvalue weighted by Gasteiger charge is 2.48. The highest BCUT2D eigenvalue weighted by molar-refractivity contribution is 6.51. The lowest BCUT2D eigenvalue weighted by molar-refractivity contribution is -0.132. The lowest BCUT2D eigenvalue weighted by Crippen LogP contribution is -2.29. The summed E-state index contributed by atoms with van der Waals surface area (Å²) in [5, 5.41) is 12.6. The fraction of sp³-hybridized carbons (Fsp3) is 0.250. The second kappa shape index (κ2) is 9.53. The maximum atomic E-state index is 13.6. The number of ether oxygens (including phenoxy) is 1. The van der Waals surface area contributed by atoms with Crippen LogP contribution in [-0.4, -0.2) is 28.0 Å². The Balaban J connectivity index is 1.78. The summed E-state index contributed by atoms with van der Waals surface area (Å²) in [4.78, 5) is 28.7. The van der Waals surface area contributed by atoms with E-state index in [4.69, 9.17) is 4.74 Å². The van der Waals surface area contributed by atoms with Gasteiger partial charge in [-0.3, -0.25) is 14.5 Å². The Hall–Kier alpha value is -4.32. The topological polar surface area (TPSA) is 71.8 Å². The second-order valence-electron chi connectivity index (χ2n) is 10.6. The van der Waals surface area contributed by atoms with Crippen molar-refractivity contribution in [2.24, 2.45) is 7.05 Å². The number of aliphatic hydroxyl groups excluding tert-OH is 1. The number of benzene rings is 3. The molecule has 1 aromatic heterocycles. The molecule has 0 spiro atoms. The van der Waals surface area contributed by atoms with Crippen LogP contribution in [0.5, 0.6) is 5.75 Å². The first kappa shape index (κ1) is 25.3. The first-order valence-electron chi connectivity index (χ1n) is 12.8. The molecule has 1 saturated heterocycles. The van der Waals surface area contributed by atoms with Crippen LogP contribution in [0.1, 0.15) is 50.4 Å². The summed E-state index contributed by atoms with van der Waals surface area (Å²) in [6.07, 6.45) is 1.93. The fourth-order valence-corrected chi connectivity index (χ4v) is 5.27. The van der Waals surface area contributed by atoms with Crippen LogP contribution < -0.4 is 9.64 Å². The molecule has 0 saturated carbocycles. The molecule has 2 heterocycles. The van der Waals surface area contributed by atoms with Crippen LogP contribution in [-0.2, 0) is 22.1 Å². The number of ketones is 1. The van der Waals surface area contributed by atoms with Gasteiger partial charge in [0.1, 0.15) is 11.5 Å². The van der Waals surface area contributed by atoms with Gasteiger partial charge in [0.2, 0.25) is 0 Å². The van der Waals surface area contributed by atoms with Gasteiger partial charge in [0.25, 0.3) is 11.7 Å². The average Bonchev–Trinajstić information content (AvgIpc) is 3.37. The van der Waals surface area contributed by atoms with Gasteiger partial charge in [0.05, 0.1) is 18.2 Å². The number of Topliss-reactive ketones (excluding diaryl/α,β-unsaturated/α-hetero) is 1. The van der Waals surface area contributed by atoms with Crippen molar-refractivity contribution in [3.63, 3.8) is 0 Å². The number of fused-ring (bicyclic) bond motifs is 1. The standard InChI is InChI=1S/C32H32N2O4/c1-6-38-26-17-16-20(18-24(26)32(2,3)4)29(35)27-28(23-19-33(5)25-15-11-10-14-22(23)25)34(31(37)30(27)36)21-12-8-7-9-13-21/h7-19,28,35H,6H2,1-5H3/b29-27+. The van der Waals surface area contributed by atoms with Gasteiger partial charge in [-0.15, -0.1) is 0 Å². The van der Waals surface area contributed by atoms with E-state index >= 15 is 0 Å². The molecule has 0 aliphatic carbocycles. The van der Waals surface area contributed by atoms with E-state index in [-0.39, 0.29) is 16.7 Å². The number of anilines is 1. The summed E-state index contributed by atoms with van der Waals surface area (Å²) in [7, 11) is 1.93. The van der Waals surface area contributed by atoms with Crippen molar-refractivity contribution in [1.29, 1.82) is 0 Å². The quantitative estimate of drug-likeness (QED) is 0.190. The van der Waals surface area contributed by atoms with E-state index in [1.165, 1.54) is 4.90 Å². The molecule has 1 amide bonds. The van der Waals surface area contributed by atoms with Gasteiger partial charge in [-0.1, -0.05) is 57.2 Å². The summed E-state index contributed by atoms with van der Waals surface area (Å²) in [5.74, 6) is -0.853. The lowest BCUT2D eigenvalue weighted by Gasteiger charge is -2.26. The zero-order valence-electron chi connectivity index (χ0n) is 22.4. The number of carbonyl (C=O) groups excluding carboxylic acids is 2. The first-order valence-corrected chi connectivity index (χ1v) is 12.8. The van der Waals surface area contributed by atoms with E-state index in [9.17, 15) is 14.7 Å². The summed E-state index contributed by atoms with van der Waals surface area (Å²) in [6.45, 7) is 8.64. The Morgan fingerprint density at radius 3 is 2.34 bits per heavy atom. The third-order valence-corrected chi connectivity index (χ3v) is 7.06. The molecule has 1 atom stereocenters. The molecule has 1 aliphatic rings. The van der Waals surface area contributed by atoms with E-state index in [0.29, 0.717) is 17.9 Å². The Morgan fingerprint density at radius 2 is 1.66 bits per heavy atom. The van der Waals surface area contributed by atoms with Gasteiger partial charge < -0.3 is 14.4 Å². The van der Waals surface area contributed by atoms with Crippen LogP contribution in [0, 0.1) is 0 Å². The monoisotopic (exact) mass is 508 g/mol. The Labute approximate surface area is 222 Å². The van der Waals surface area contributed by atoms with Gasteiger partial charge in [0.15, 0.2) is 0 Å². The van der Waals surface area contributed by atoms with Crippen molar-refractivity contribution in [1.82, 2.24) is 4.57 Å². The van der Waals surface area contributed by atoms with E-state index in [1.807, 2.05) is 79.3 Å². The number of aryl methyl sites for hydroxylation is 1. The molecule has 6 heteroatoms. The van der Waals surface area contributed by atoms with Gasteiger partial charge in [-0.25, -0.2) is 0 Å². The molecule has 1 aliphatic heterocycles. The maximum Gasteiger partial charge on any atom is 0.300 e. The highest BCUT2D eigenvalue weighted by Crippen LogP contribution is 2.45. The van der Waals surface area contributed by atoms with E-state index in [1.54, 1.807) is 18.2 Å². The predicted molar refractivity (Wildman–Crippen MR) is 150 cm³/mol. The Bertz CT molecular complexity index is 1570. The number of amides is 1. The summed E-state index contributed by atoms with van der Waals surface area (Å²) < 4.78 is 7.83. The highest BCUT2D eigenvalue weighted by atomic mass is 16.5. The number of para-hydroxylation sites is 2.